The molecule has 0 radical (unpaired) electrons. The van der Waals surface area contributed by atoms with Crippen LogP contribution in [0.5, 0.6) is 11.5 Å². The van der Waals surface area contributed by atoms with E-state index in [2.05, 4.69) is 0 Å². The second kappa shape index (κ2) is 6.20. The molecule has 0 bridgehead atoms. The number of nitrogens with two attached hydrogens (primary N) is 1. The quantitative estimate of drug-likeness (QED) is 0.839. The number of halogens is 1. The average Bonchev–Trinajstić information content (AvgIpc) is 2.43. The zero-order valence-corrected chi connectivity index (χ0v) is 10.7. The highest BCUT2D eigenvalue weighted by Gasteiger charge is 2.06. The molecular formula is C15H16FNO2. The predicted octanol–water partition coefficient (Wildman–Crippen LogP) is 3.39. The summed E-state index contributed by atoms with van der Waals surface area (Å²) in [5.41, 5.74) is 6.78. The van der Waals surface area contributed by atoms with E-state index in [4.69, 9.17) is 15.2 Å². The number of benzene rings is 2. The second-order valence-corrected chi connectivity index (χ2v) is 4.14. The first-order valence-corrected chi connectivity index (χ1v) is 6.00. The molecule has 4 heteroatoms. The zero-order valence-electron chi connectivity index (χ0n) is 10.7. The van der Waals surface area contributed by atoms with Crippen molar-refractivity contribution < 1.29 is 13.9 Å². The summed E-state index contributed by atoms with van der Waals surface area (Å²) in [4.78, 5) is 0. The minimum atomic E-state index is -0.478. The molecule has 19 heavy (non-hydrogen) atoms. The second-order valence-electron chi connectivity index (χ2n) is 4.14. The van der Waals surface area contributed by atoms with Crippen molar-refractivity contribution in [1.82, 2.24) is 0 Å². The van der Waals surface area contributed by atoms with Gasteiger partial charge in [-0.2, -0.15) is 0 Å². The molecule has 2 N–H and O–H groups in total. The molecule has 100 valence electrons. The number of ether oxygens (including phenoxy) is 2. The van der Waals surface area contributed by atoms with E-state index in [9.17, 15) is 4.39 Å². The van der Waals surface area contributed by atoms with Gasteiger partial charge in [-0.15, -0.1) is 0 Å². The molecule has 2 aromatic carbocycles. The van der Waals surface area contributed by atoms with Gasteiger partial charge in [0, 0.05) is 7.11 Å². The molecule has 3 nitrogen and oxygen atoms in total. The Balaban J connectivity index is 2.09. The average molecular weight is 261 g/mol. The lowest BCUT2D eigenvalue weighted by atomic mass is 10.1. The fourth-order valence-electron chi connectivity index (χ4n) is 1.68. The topological polar surface area (TPSA) is 44.5 Å². The van der Waals surface area contributed by atoms with Crippen molar-refractivity contribution in [3.05, 3.63) is 53.8 Å². The van der Waals surface area contributed by atoms with Crippen LogP contribution >= 0.6 is 0 Å². The highest BCUT2D eigenvalue weighted by atomic mass is 19.1. The number of para-hydroxylation sites is 1. The summed E-state index contributed by atoms with van der Waals surface area (Å²) in [7, 11) is 1.67. The fourth-order valence-corrected chi connectivity index (χ4v) is 1.68. The molecule has 0 saturated carbocycles. The Hall–Kier alpha value is -2.07. The largest absolute Gasteiger partial charge is 0.455 e. The Kier molecular flexibility index (Phi) is 4.36. The van der Waals surface area contributed by atoms with E-state index >= 15 is 0 Å². The highest BCUT2D eigenvalue weighted by Crippen LogP contribution is 2.29. The third-order valence-corrected chi connectivity index (χ3v) is 2.76. The molecule has 0 aliphatic heterocycles. The van der Waals surface area contributed by atoms with Crippen LogP contribution in [0.15, 0.2) is 42.5 Å². The molecule has 0 amide bonds. The van der Waals surface area contributed by atoms with Crippen LogP contribution in [0.4, 0.5) is 10.1 Å². The molecular weight excluding hydrogens is 245 g/mol. The van der Waals surface area contributed by atoms with Gasteiger partial charge in [0.1, 0.15) is 17.3 Å². The minimum absolute atomic E-state index is 0.0194. The molecule has 0 atom stereocenters. The van der Waals surface area contributed by atoms with Crippen LogP contribution in [0.1, 0.15) is 5.56 Å². The van der Waals surface area contributed by atoms with Crippen LogP contribution in [-0.2, 0) is 11.2 Å². The summed E-state index contributed by atoms with van der Waals surface area (Å²) in [5, 5.41) is 0. The predicted molar refractivity (Wildman–Crippen MR) is 72.9 cm³/mol. The third kappa shape index (κ3) is 3.45. The first-order chi connectivity index (χ1) is 9.20. The normalized spacial score (nSPS) is 10.4. The molecule has 0 aliphatic carbocycles. The Bertz CT molecular complexity index is 540. The lowest BCUT2D eigenvalue weighted by Gasteiger charge is -2.09. The van der Waals surface area contributed by atoms with E-state index in [1.54, 1.807) is 19.2 Å². The molecule has 0 fully saturated rings. The van der Waals surface area contributed by atoms with Gasteiger partial charge in [-0.05, 0) is 36.2 Å². The van der Waals surface area contributed by atoms with Crippen LogP contribution in [-0.4, -0.2) is 13.7 Å². The van der Waals surface area contributed by atoms with Gasteiger partial charge in [-0.1, -0.05) is 18.2 Å². The SMILES string of the molecule is COCCc1ccc(Oc2cccc(F)c2N)cc1. The highest BCUT2D eigenvalue weighted by molar-refractivity contribution is 5.54. The van der Waals surface area contributed by atoms with Gasteiger partial charge < -0.3 is 15.2 Å². The lowest BCUT2D eigenvalue weighted by molar-refractivity contribution is 0.202. The van der Waals surface area contributed by atoms with E-state index in [-0.39, 0.29) is 5.69 Å². The minimum Gasteiger partial charge on any atom is -0.455 e. The maximum Gasteiger partial charge on any atom is 0.153 e. The maximum atomic E-state index is 13.3. The van der Waals surface area contributed by atoms with E-state index in [0.717, 1.165) is 12.0 Å². The Labute approximate surface area is 111 Å². The van der Waals surface area contributed by atoms with E-state index in [1.807, 2.05) is 24.3 Å². The fraction of sp³-hybridized carbons (Fsp3) is 0.200. The van der Waals surface area contributed by atoms with Gasteiger partial charge in [-0.3, -0.25) is 0 Å². The number of methoxy groups -OCH3 is 1. The van der Waals surface area contributed by atoms with Crippen molar-refractivity contribution in [2.45, 2.75) is 6.42 Å². The zero-order chi connectivity index (χ0) is 13.7. The van der Waals surface area contributed by atoms with Crippen LogP contribution in [0.25, 0.3) is 0 Å². The Morgan fingerprint density at radius 1 is 1.11 bits per heavy atom. The lowest BCUT2D eigenvalue weighted by Crippen LogP contribution is -1.96. The van der Waals surface area contributed by atoms with Gasteiger partial charge >= 0.3 is 0 Å². The van der Waals surface area contributed by atoms with Crippen LogP contribution in [0.3, 0.4) is 0 Å². The maximum absolute atomic E-state index is 13.3. The van der Waals surface area contributed by atoms with Crippen molar-refractivity contribution in [3.63, 3.8) is 0 Å². The van der Waals surface area contributed by atoms with Gasteiger partial charge in [0.15, 0.2) is 5.75 Å². The molecule has 2 rings (SSSR count). The molecule has 0 unspecified atom stereocenters. The van der Waals surface area contributed by atoms with Gasteiger partial charge in [0.25, 0.3) is 0 Å². The number of hydrogen-bond donors (Lipinski definition) is 1. The summed E-state index contributed by atoms with van der Waals surface area (Å²) in [5.74, 6) is 0.470. The van der Waals surface area contributed by atoms with Crippen LogP contribution < -0.4 is 10.5 Å². The first-order valence-electron chi connectivity index (χ1n) is 6.00. The van der Waals surface area contributed by atoms with E-state index < -0.39 is 5.82 Å². The summed E-state index contributed by atoms with van der Waals surface area (Å²) in [6, 6.07) is 12.1. The summed E-state index contributed by atoms with van der Waals surface area (Å²) >= 11 is 0. The van der Waals surface area contributed by atoms with E-state index in [1.165, 1.54) is 6.07 Å². The standard InChI is InChI=1S/C15H16FNO2/c1-18-10-9-11-5-7-12(8-6-11)19-14-4-2-3-13(16)15(14)17/h2-8H,9-10,17H2,1H3. The summed E-state index contributed by atoms with van der Waals surface area (Å²) < 4.78 is 23.8. The molecule has 0 aromatic heterocycles. The Morgan fingerprint density at radius 3 is 2.53 bits per heavy atom. The number of anilines is 1. The molecule has 0 spiro atoms. The Morgan fingerprint density at radius 2 is 1.84 bits per heavy atom. The van der Waals surface area contributed by atoms with Crippen molar-refractivity contribution in [2.24, 2.45) is 0 Å². The smallest absolute Gasteiger partial charge is 0.153 e. The van der Waals surface area contributed by atoms with Crippen LogP contribution in [0.2, 0.25) is 0 Å². The molecule has 0 saturated heterocycles. The monoisotopic (exact) mass is 261 g/mol. The number of nitrogen functional groups attached to an aromatic ring is 1. The third-order valence-electron chi connectivity index (χ3n) is 2.76. The molecule has 0 aliphatic rings. The van der Waals surface area contributed by atoms with Crippen LogP contribution in [0, 0.1) is 5.82 Å². The first kappa shape index (κ1) is 13.4. The van der Waals surface area contributed by atoms with Crippen molar-refractivity contribution in [2.75, 3.05) is 19.5 Å². The van der Waals surface area contributed by atoms with Gasteiger partial charge in [0.05, 0.1) is 6.61 Å². The van der Waals surface area contributed by atoms with Gasteiger partial charge in [-0.25, -0.2) is 4.39 Å². The van der Waals surface area contributed by atoms with E-state index in [0.29, 0.717) is 18.1 Å². The summed E-state index contributed by atoms with van der Waals surface area (Å²) in [6.45, 7) is 0.678. The molecule has 0 heterocycles. The van der Waals surface area contributed by atoms with Gasteiger partial charge in [0.2, 0.25) is 0 Å². The number of hydrogen-bond acceptors (Lipinski definition) is 3. The van der Waals surface area contributed by atoms with Crippen molar-refractivity contribution in [1.29, 1.82) is 0 Å². The van der Waals surface area contributed by atoms with Crippen molar-refractivity contribution >= 4 is 5.69 Å². The summed E-state index contributed by atoms with van der Waals surface area (Å²) in [6.07, 6.45) is 0.846. The number of rotatable bonds is 5. The van der Waals surface area contributed by atoms with Crippen molar-refractivity contribution in [3.8, 4) is 11.5 Å². The molecule has 2 aromatic rings.